The van der Waals surface area contributed by atoms with E-state index in [9.17, 15) is 4.39 Å². The Bertz CT molecular complexity index is 413. The zero-order valence-corrected chi connectivity index (χ0v) is 7.05. The van der Waals surface area contributed by atoms with Crippen LogP contribution < -0.4 is 0 Å². The van der Waals surface area contributed by atoms with E-state index in [4.69, 9.17) is 5.26 Å². The molecular weight excluding hydrogens is 165 g/mol. The van der Waals surface area contributed by atoms with Gasteiger partial charge in [-0.3, -0.25) is 0 Å². The summed E-state index contributed by atoms with van der Waals surface area (Å²) in [6, 6.07) is 6.35. The van der Waals surface area contributed by atoms with Crippen LogP contribution in [0.5, 0.6) is 0 Å². The second-order valence-electron chi connectivity index (χ2n) is 3.07. The lowest BCUT2D eigenvalue weighted by molar-refractivity contribution is 0.627. The van der Waals surface area contributed by atoms with Crippen LogP contribution >= 0.6 is 0 Å². The summed E-state index contributed by atoms with van der Waals surface area (Å²) in [5.41, 5.74) is 2.41. The molecule has 0 atom stereocenters. The lowest BCUT2D eigenvalue weighted by Gasteiger charge is -2.15. The molecular formula is C11H8FN. The summed E-state index contributed by atoms with van der Waals surface area (Å²) in [4.78, 5) is 0. The Morgan fingerprint density at radius 1 is 1.38 bits per heavy atom. The van der Waals surface area contributed by atoms with Crippen molar-refractivity contribution in [1.82, 2.24) is 0 Å². The Hall–Kier alpha value is -1.62. The number of allylic oxidation sites excluding steroid dienone is 2. The van der Waals surface area contributed by atoms with Crippen molar-refractivity contribution in [2.45, 2.75) is 12.8 Å². The molecule has 0 aromatic heterocycles. The molecule has 1 aromatic rings. The van der Waals surface area contributed by atoms with Gasteiger partial charge in [0.25, 0.3) is 0 Å². The molecule has 0 saturated heterocycles. The van der Waals surface area contributed by atoms with E-state index in [1.807, 2.05) is 6.08 Å². The first-order chi connectivity index (χ1) is 6.31. The Labute approximate surface area is 76.1 Å². The average Bonchev–Trinajstić information content (AvgIpc) is 2.02. The van der Waals surface area contributed by atoms with Crippen molar-refractivity contribution in [3.8, 4) is 6.07 Å². The van der Waals surface area contributed by atoms with Gasteiger partial charge in [-0.2, -0.15) is 5.26 Å². The lowest BCUT2D eigenvalue weighted by atomic mass is 9.89. The molecule has 0 saturated carbocycles. The number of hydrogen-bond donors (Lipinski definition) is 0. The van der Waals surface area contributed by atoms with E-state index in [1.165, 1.54) is 18.2 Å². The van der Waals surface area contributed by atoms with Crippen LogP contribution in [0.3, 0.4) is 0 Å². The van der Waals surface area contributed by atoms with Gasteiger partial charge in [0.1, 0.15) is 5.82 Å². The van der Waals surface area contributed by atoms with E-state index >= 15 is 0 Å². The molecule has 0 unspecified atom stereocenters. The molecule has 0 fully saturated rings. The summed E-state index contributed by atoms with van der Waals surface area (Å²) in [5, 5.41) is 8.78. The molecule has 2 heteroatoms. The van der Waals surface area contributed by atoms with Gasteiger partial charge in [0.05, 0.1) is 11.6 Å². The van der Waals surface area contributed by atoms with Gasteiger partial charge in [0.2, 0.25) is 0 Å². The normalized spacial score (nSPS) is 14.3. The average molecular weight is 173 g/mol. The van der Waals surface area contributed by atoms with Gasteiger partial charge < -0.3 is 0 Å². The smallest absolute Gasteiger partial charge is 0.123 e. The van der Waals surface area contributed by atoms with Gasteiger partial charge in [-0.25, -0.2) is 4.39 Å². The van der Waals surface area contributed by atoms with E-state index in [2.05, 4.69) is 6.07 Å². The molecule has 2 rings (SSSR count). The summed E-state index contributed by atoms with van der Waals surface area (Å²) >= 11 is 0. The minimum atomic E-state index is -0.276. The molecule has 13 heavy (non-hydrogen) atoms. The van der Waals surface area contributed by atoms with Gasteiger partial charge in [-0.15, -0.1) is 0 Å². The van der Waals surface area contributed by atoms with Crippen LogP contribution in [-0.2, 0) is 0 Å². The zero-order chi connectivity index (χ0) is 9.26. The SMILES string of the molecule is N#Cc1ccc(F)cc1C1=CCC1. The highest BCUT2D eigenvalue weighted by Crippen LogP contribution is 2.31. The minimum Gasteiger partial charge on any atom is -0.207 e. The second kappa shape index (κ2) is 3.02. The molecule has 0 amide bonds. The van der Waals surface area contributed by atoms with E-state index in [-0.39, 0.29) is 5.82 Å². The van der Waals surface area contributed by atoms with Crippen LogP contribution in [0, 0.1) is 17.1 Å². The maximum Gasteiger partial charge on any atom is 0.123 e. The molecule has 0 N–H and O–H groups in total. The van der Waals surface area contributed by atoms with Gasteiger partial charge in [0, 0.05) is 0 Å². The minimum absolute atomic E-state index is 0.276. The molecule has 0 bridgehead atoms. The maximum atomic E-state index is 12.9. The van der Waals surface area contributed by atoms with Crippen molar-refractivity contribution in [2.75, 3.05) is 0 Å². The molecule has 1 aliphatic carbocycles. The highest BCUT2D eigenvalue weighted by molar-refractivity contribution is 5.74. The maximum absolute atomic E-state index is 12.9. The second-order valence-corrected chi connectivity index (χ2v) is 3.07. The first-order valence-electron chi connectivity index (χ1n) is 4.20. The summed E-state index contributed by atoms with van der Waals surface area (Å²) in [5.74, 6) is -0.276. The Morgan fingerprint density at radius 2 is 2.15 bits per heavy atom. The Balaban J connectivity index is 2.54. The standard InChI is InChI=1S/C11H8FN/c12-10-5-4-9(7-13)11(6-10)8-2-1-3-8/h2,4-6H,1,3H2. The van der Waals surface area contributed by atoms with Gasteiger partial charge in [-0.1, -0.05) is 6.08 Å². The number of hydrogen-bond acceptors (Lipinski definition) is 1. The number of halogens is 1. The topological polar surface area (TPSA) is 23.8 Å². The fraction of sp³-hybridized carbons (Fsp3) is 0.182. The van der Waals surface area contributed by atoms with Crippen LogP contribution in [0.2, 0.25) is 0 Å². The van der Waals surface area contributed by atoms with Crippen molar-refractivity contribution in [3.63, 3.8) is 0 Å². The number of nitriles is 1. The predicted molar refractivity (Wildman–Crippen MR) is 48.3 cm³/mol. The molecule has 1 aliphatic rings. The Kier molecular flexibility index (Phi) is 1.86. The number of nitrogens with zero attached hydrogens (tertiary/aromatic N) is 1. The first-order valence-corrected chi connectivity index (χ1v) is 4.20. The third-order valence-corrected chi connectivity index (χ3v) is 2.25. The van der Waals surface area contributed by atoms with Crippen molar-refractivity contribution in [2.24, 2.45) is 0 Å². The van der Waals surface area contributed by atoms with E-state index < -0.39 is 0 Å². The van der Waals surface area contributed by atoms with Crippen LogP contribution in [0.25, 0.3) is 5.57 Å². The summed E-state index contributed by atoms with van der Waals surface area (Å²) in [6.45, 7) is 0. The van der Waals surface area contributed by atoms with Gasteiger partial charge in [0.15, 0.2) is 0 Å². The molecule has 0 heterocycles. The molecule has 0 radical (unpaired) electrons. The summed E-state index contributed by atoms with van der Waals surface area (Å²) in [7, 11) is 0. The fourth-order valence-electron chi connectivity index (χ4n) is 1.41. The summed E-state index contributed by atoms with van der Waals surface area (Å²) in [6.07, 6.45) is 4.03. The Morgan fingerprint density at radius 3 is 2.69 bits per heavy atom. The molecule has 64 valence electrons. The third kappa shape index (κ3) is 1.33. The van der Waals surface area contributed by atoms with Crippen LogP contribution in [0.1, 0.15) is 24.0 Å². The molecule has 0 spiro atoms. The predicted octanol–water partition coefficient (Wildman–Crippen LogP) is 2.87. The van der Waals surface area contributed by atoms with Crippen molar-refractivity contribution >= 4 is 5.57 Å². The van der Waals surface area contributed by atoms with E-state index in [1.54, 1.807) is 0 Å². The lowest BCUT2D eigenvalue weighted by Crippen LogP contribution is -1.97. The largest absolute Gasteiger partial charge is 0.207 e. The van der Waals surface area contributed by atoms with Crippen LogP contribution in [0.4, 0.5) is 4.39 Å². The molecule has 0 aliphatic heterocycles. The number of rotatable bonds is 1. The molecule has 1 aromatic carbocycles. The van der Waals surface area contributed by atoms with Gasteiger partial charge >= 0.3 is 0 Å². The highest BCUT2D eigenvalue weighted by Gasteiger charge is 2.12. The quantitative estimate of drug-likeness (QED) is 0.640. The monoisotopic (exact) mass is 173 g/mol. The highest BCUT2D eigenvalue weighted by atomic mass is 19.1. The fourth-order valence-corrected chi connectivity index (χ4v) is 1.41. The van der Waals surface area contributed by atoms with Crippen molar-refractivity contribution in [1.29, 1.82) is 5.26 Å². The summed E-state index contributed by atoms with van der Waals surface area (Å²) < 4.78 is 12.9. The van der Waals surface area contributed by atoms with Crippen LogP contribution in [-0.4, -0.2) is 0 Å². The molecule has 1 nitrogen and oxygen atoms in total. The number of benzene rings is 1. The first kappa shape index (κ1) is 8.00. The third-order valence-electron chi connectivity index (χ3n) is 2.25. The van der Waals surface area contributed by atoms with Gasteiger partial charge in [-0.05, 0) is 42.2 Å². The zero-order valence-electron chi connectivity index (χ0n) is 7.05. The van der Waals surface area contributed by atoms with Crippen molar-refractivity contribution in [3.05, 3.63) is 41.2 Å². The van der Waals surface area contributed by atoms with E-state index in [0.717, 1.165) is 24.0 Å². The van der Waals surface area contributed by atoms with Crippen LogP contribution in [0.15, 0.2) is 24.3 Å². The van der Waals surface area contributed by atoms with Crippen molar-refractivity contribution < 1.29 is 4.39 Å². The van der Waals surface area contributed by atoms with E-state index in [0.29, 0.717) is 5.56 Å².